The zero-order valence-corrected chi connectivity index (χ0v) is 15.8. The van der Waals surface area contributed by atoms with Gasteiger partial charge in [-0.1, -0.05) is 59.2 Å². The van der Waals surface area contributed by atoms with Crippen LogP contribution in [0, 0.1) is 0 Å². The van der Waals surface area contributed by atoms with Crippen molar-refractivity contribution in [3.63, 3.8) is 0 Å². The highest BCUT2D eigenvalue weighted by Gasteiger charge is 2.31. The van der Waals surface area contributed by atoms with Gasteiger partial charge in [0.1, 0.15) is 5.69 Å². The summed E-state index contributed by atoms with van der Waals surface area (Å²) in [6.07, 6.45) is 0. The summed E-state index contributed by atoms with van der Waals surface area (Å²) in [7, 11) is 0. The van der Waals surface area contributed by atoms with Crippen LogP contribution in [-0.2, 0) is 6.54 Å². The molecule has 0 spiro atoms. The first-order valence-electron chi connectivity index (χ1n) is 8.43. The quantitative estimate of drug-likeness (QED) is 0.720. The zero-order chi connectivity index (χ0) is 17.2. The lowest BCUT2D eigenvalue weighted by atomic mass is 9.95. The van der Waals surface area contributed by atoms with Crippen LogP contribution in [0.5, 0.6) is 0 Å². The molecule has 4 rings (SSSR count). The molecule has 0 aliphatic carbocycles. The smallest absolute Gasteiger partial charge is 0.151 e. The van der Waals surface area contributed by atoms with E-state index in [1.54, 1.807) is 0 Å². The molecular formula is C20H21Cl2N3O. The van der Waals surface area contributed by atoms with Crippen molar-refractivity contribution < 1.29 is 4.52 Å². The number of likely N-dealkylation sites (tertiary alicyclic amines) is 1. The van der Waals surface area contributed by atoms with Crippen LogP contribution >= 0.6 is 24.0 Å². The van der Waals surface area contributed by atoms with Crippen molar-refractivity contribution >= 4 is 24.0 Å². The van der Waals surface area contributed by atoms with Crippen molar-refractivity contribution in [2.24, 2.45) is 5.73 Å². The summed E-state index contributed by atoms with van der Waals surface area (Å²) >= 11 is 5.93. The lowest BCUT2D eigenvalue weighted by molar-refractivity contribution is 0.270. The third-order valence-corrected chi connectivity index (χ3v) is 5.00. The van der Waals surface area contributed by atoms with E-state index in [9.17, 15) is 0 Å². The molecule has 2 atom stereocenters. The van der Waals surface area contributed by atoms with E-state index in [0.717, 1.165) is 36.7 Å². The molecule has 0 amide bonds. The first-order chi connectivity index (χ1) is 12.2. The van der Waals surface area contributed by atoms with Gasteiger partial charge in [0.2, 0.25) is 0 Å². The molecule has 1 saturated heterocycles. The Kier molecular flexibility index (Phi) is 5.99. The summed E-state index contributed by atoms with van der Waals surface area (Å²) in [5, 5.41) is 4.89. The van der Waals surface area contributed by atoms with Gasteiger partial charge in [-0.3, -0.25) is 4.90 Å². The van der Waals surface area contributed by atoms with Crippen LogP contribution in [0.4, 0.5) is 0 Å². The van der Waals surface area contributed by atoms with Gasteiger partial charge in [-0.25, -0.2) is 0 Å². The summed E-state index contributed by atoms with van der Waals surface area (Å²) in [5.41, 5.74) is 9.50. The van der Waals surface area contributed by atoms with E-state index in [1.165, 1.54) is 5.56 Å². The summed E-state index contributed by atoms with van der Waals surface area (Å²) in [6.45, 7) is 2.51. The second-order valence-corrected chi connectivity index (χ2v) is 7.00. The number of benzene rings is 2. The predicted octanol–water partition coefficient (Wildman–Crippen LogP) is 4.34. The third-order valence-electron chi connectivity index (χ3n) is 4.75. The fraction of sp³-hybridized carbons (Fsp3) is 0.250. The second kappa shape index (κ2) is 8.23. The minimum absolute atomic E-state index is 0. The number of aromatic nitrogens is 1. The number of hydrogen-bond acceptors (Lipinski definition) is 4. The first-order valence-corrected chi connectivity index (χ1v) is 8.81. The molecule has 2 N–H and O–H groups in total. The SMILES string of the molecule is Cl.N[C@@H]1CN(Cc2cc(-c3ccc(Cl)cc3)no2)C[C@H]1c1ccccc1. The van der Waals surface area contributed by atoms with Gasteiger partial charge in [-0.05, 0) is 17.7 Å². The van der Waals surface area contributed by atoms with Crippen LogP contribution in [0.15, 0.2) is 65.2 Å². The first kappa shape index (κ1) is 18.9. The zero-order valence-electron chi connectivity index (χ0n) is 14.2. The summed E-state index contributed by atoms with van der Waals surface area (Å²) in [5.74, 6) is 1.21. The number of hydrogen-bond donors (Lipinski definition) is 1. The van der Waals surface area contributed by atoms with Crippen LogP contribution in [0.2, 0.25) is 5.02 Å². The Balaban J connectivity index is 0.00000196. The Hall–Kier alpha value is -1.85. The van der Waals surface area contributed by atoms with Gasteiger partial charge in [0.15, 0.2) is 5.76 Å². The molecule has 6 heteroatoms. The van der Waals surface area contributed by atoms with E-state index in [2.05, 4.69) is 34.3 Å². The lowest BCUT2D eigenvalue weighted by Crippen LogP contribution is -2.28. The van der Waals surface area contributed by atoms with Gasteiger partial charge in [-0.15, -0.1) is 12.4 Å². The average Bonchev–Trinajstić information content (AvgIpc) is 3.23. The number of nitrogens with zero attached hydrogens (tertiary/aromatic N) is 2. The Bertz CT molecular complexity index is 836. The summed E-state index contributed by atoms with van der Waals surface area (Å²) in [6, 6.07) is 20.2. The molecule has 1 aliphatic heterocycles. The molecule has 0 saturated carbocycles. The fourth-order valence-corrected chi connectivity index (χ4v) is 3.59. The van der Waals surface area contributed by atoms with Crippen molar-refractivity contribution in [2.75, 3.05) is 13.1 Å². The van der Waals surface area contributed by atoms with Gasteiger partial charge < -0.3 is 10.3 Å². The molecule has 2 heterocycles. The van der Waals surface area contributed by atoms with Crippen LogP contribution in [0.3, 0.4) is 0 Å². The third kappa shape index (κ3) is 4.10. The molecular weight excluding hydrogens is 369 g/mol. The molecule has 3 aromatic rings. The van der Waals surface area contributed by atoms with E-state index in [-0.39, 0.29) is 18.4 Å². The molecule has 1 aromatic heterocycles. The van der Waals surface area contributed by atoms with Crippen LogP contribution in [0.1, 0.15) is 17.2 Å². The minimum Gasteiger partial charge on any atom is -0.359 e. The molecule has 0 bridgehead atoms. The van der Waals surface area contributed by atoms with Crippen LogP contribution in [-0.4, -0.2) is 29.2 Å². The molecule has 0 unspecified atom stereocenters. The molecule has 136 valence electrons. The largest absolute Gasteiger partial charge is 0.359 e. The Morgan fingerprint density at radius 3 is 2.54 bits per heavy atom. The van der Waals surface area contributed by atoms with E-state index in [1.807, 2.05) is 36.4 Å². The van der Waals surface area contributed by atoms with E-state index in [0.29, 0.717) is 10.9 Å². The highest BCUT2D eigenvalue weighted by molar-refractivity contribution is 6.30. The maximum Gasteiger partial charge on any atom is 0.151 e. The van der Waals surface area contributed by atoms with Crippen LogP contribution < -0.4 is 5.73 Å². The highest BCUT2D eigenvalue weighted by Crippen LogP contribution is 2.28. The minimum atomic E-state index is 0. The van der Waals surface area contributed by atoms with E-state index in [4.69, 9.17) is 21.9 Å². The van der Waals surface area contributed by atoms with Crippen molar-refractivity contribution in [3.05, 3.63) is 77.0 Å². The Labute approximate surface area is 164 Å². The maximum absolute atomic E-state index is 6.37. The highest BCUT2D eigenvalue weighted by atomic mass is 35.5. The van der Waals surface area contributed by atoms with E-state index < -0.39 is 0 Å². The standard InChI is InChI=1S/C20H20ClN3O.ClH/c21-16-8-6-15(7-9-16)20-10-17(25-23-20)11-24-12-18(19(22)13-24)14-4-2-1-3-5-14;/h1-10,18-19H,11-13,22H2;1H/t18-,19+;/m0./s1. The van der Waals surface area contributed by atoms with Crippen molar-refractivity contribution in [2.45, 2.75) is 18.5 Å². The lowest BCUT2D eigenvalue weighted by Gasteiger charge is -2.14. The van der Waals surface area contributed by atoms with Gasteiger partial charge in [0, 0.05) is 41.7 Å². The average molecular weight is 390 g/mol. The van der Waals surface area contributed by atoms with Crippen molar-refractivity contribution in [1.29, 1.82) is 0 Å². The molecule has 1 aliphatic rings. The molecule has 2 aromatic carbocycles. The van der Waals surface area contributed by atoms with Gasteiger partial charge >= 0.3 is 0 Å². The summed E-state index contributed by atoms with van der Waals surface area (Å²) in [4.78, 5) is 2.33. The maximum atomic E-state index is 6.37. The second-order valence-electron chi connectivity index (χ2n) is 6.56. The molecule has 0 radical (unpaired) electrons. The van der Waals surface area contributed by atoms with Gasteiger partial charge in [-0.2, -0.15) is 0 Å². The predicted molar refractivity (Wildman–Crippen MR) is 107 cm³/mol. The Morgan fingerprint density at radius 1 is 1.08 bits per heavy atom. The number of nitrogens with two attached hydrogens (primary N) is 1. The van der Waals surface area contributed by atoms with Gasteiger partial charge in [0.25, 0.3) is 0 Å². The van der Waals surface area contributed by atoms with E-state index >= 15 is 0 Å². The fourth-order valence-electron chi connectivity index (χ4n) is 3.46. The number of halogens is 2. The van der Waals surface area contributed by atoms with Crippen molar-refractivity contribution in [1.82, 2.24) is 10.1 Å². The summed E-state index contributed by atoms with van der Waals surface area (Å²) < 4.78 is 5.52. The molecule has 4 nitrogen and oxygen atoms in total. The van der Waals surface area contributed by atoms with Gasteiger partial charge in [0.05, 0.1) is 6.54 Å². The number of rotatable bonds is 4. The normalized spacial score (nSPS) is 20.1. The topological polar surface area (TPSA) is 55.3 Å². The van der Waals surface area contributed by atoms with Crippen molar-refractivity contribution in [3.8, 4) is 11.3 Å². The monoisotopic (exact) mass is 389 g/mol. The van der Waals surface area contributed by atoms with Crippen LogP contribution in [0.25, 0.3) is 11.3 Å². The molecule has 26 heavy (non-hydrogen) atoms. The Morgan fingerprint density at radius 2 is 1.81 bits per heavy atom. The molecule has 1 fully saturated rings.